The van der Waals surface area contributed by atoms with Crippen LogP contribution in [0.4, 0.5) is 0 Å². The number of hydrogen-bond donors (Lipinski definition) is 2. The van der Waals surface area contributed by atoms with Crippen LogP contribution >= 0.6 is 0 Å². The molecule has 0 radical (unpaired) electrons. The van der Waals surface area contributed by atoms with E-state index in [0.717, 1.165) is 0 Å². The van der Waals surface area contributed by atoms with Gasteiger partial charge in [-0.1, -0.05) is 46.0 Å². The van der Waals surface area contributed by atoms with Crippen LogP contribution in [0.15, 0.2) is 0 Å². The van der Waals surface area contributed by atoms with Crippen molar-refractivity contribution in [3.8, 4) is 0 Å². The maximum absolute atomic E-state index is 5.68. The van der Waals surface area contributed by atoms with Gasteiger partial charge in [0.2, 0.25) is 0 Å². The molecule has 1 aliphatic rings. The summed E-state index contributed by atoms with van der Waals surface area (Å²) in [5.41, 5.74) is 3.51. The molecule has 1 saturated carbocycles. The molecule has 0 spiro atoms. The molecular weight excluding hydrogens is 172 g/mol. The van der Waals surface area contributed by atoms with Gasteiger partial charge in [0, 0.05) is 6.04 Å². The Morgan fingerprint density at radius 3 is 2.43 bits per heavy atom. The Morgan fingerprint density at radius 1 is 1.29 bits per heavy atom. The monoisotopic (exact) mass is 198 g/mol. The third-order valence-electron chi connectivity index (χ3n) is 3.88. The van der Waals surface area contributed by atoms with E-state index in [4.69, 9.17) is 5.84 Å². The quantitative estimate of drug-likeness (QED) is 0.526. The molecule has 3 N–H and O–H groups in total. The summed E-state index contributed by atoms with van der Waals surface area (Å²) in [5, 5.41) is 0. The van der Waals surface area contributed by atoms with Crippen molar-refractivity contribution in [2.24, 2.45) is 11.3 Å². The second kappa shape index (κ2) is 5.72. The summed E-state index contributed by atoms with van der Waals surface area (Å²) in [6.45, 7) is 4.66. The van der Waals surface area contributed by atoms with Crippen LogP contribution in [0.3, 0.4) is 0 Å². The first-order valence-electron chi connectivity index (χ1n) is 6.19. The largest absolute Gasteiger partial charge is 0.271 e. The van der Waals surface area contributed by atoms with E-state index >= 15 is 0 Å². The summed E-state index contributed by atoms with van der Waals surface area (Å²) in [6.07, 6.45) is 10.7. The lowest BCUT2D eigenvalue weighted by Crippen LogP contribution is -2.47. The Kier molecular flexibility index (Phi) is 4.90. The zero-order valence-electron chi connectivity index (χ0n) is 9.81. The predicted molar refractivity (Wildman–Crippen MR) is 61.8 cm³/mol. The minimum atomic E-state index is 0.460. The van der Waals surface area contributed by atoms with E-state index in [9.17, 15) is 0 Å². The molecule has 0 amide bonds. The van der Waals surface area contributed by atoms with Gasteiger partial charge in [-0.3, -0.25) is 11.3 Å². The summed E-state index contributed by atoms with van der Waals surface area (Å²) in [7, 11) is 0. The Labute approximate surface area is 88.6 Å². The summed E-state index contributed by atoms with van der Waals surface area (Å²) in [5.74, 6) is 5.68. The van der Waals surface area contributed by atoms with E-state index < -0.39 is 0 Å². The molecule has 14 heavy (non-hydrogen) atoms. The first-order chi connectivity index (χ1) is 6.73. The highest BCUT2D eigenvalue weighted by Gasteiger charge is 2.34. The van der Waals surface area contributed by atoms with Crippen molar-refractivity contribution < 1.29 is 0 Å². The molecule has 2 heteroatoms. The molecule has 1 fully saturated rings. The normalized spacial score (nSPS) is 23.4. The summed E-state index contributed by atoms with van der Waals surface area (Å²) >= 11 is 0. The van der Waals surface area contributed by atoms with Crippen molar-refractivity contribution in [3.05, 3.63) is 0 Å². The van der Waals surface area contributed by atoms with Crippen LogP contribution in [0.1, 0.15) is 65.2 Å². The van der Waals surface area contributed by atoms with Gasteiger partial charge in [0.1, 0.15) is 0 Å². The molecule has 1 atom stereocenters. The first-order valence-corrected chi connectivity index (χ1v) is 6.19. The van der Waals surface area contributed by atoms with Gasteiger partial charge in [-0.2, -0.15) is 0 Å². The van der Waals surface area contributed by atoms with Gasteiger partial charge in [-0.15, -0.1) is 0 Å². The van der Waals surface area contributed by atoms with Gasteiger partial charge < -0.3 is 0 Å². The molecular formula is C12H26N2. The van der Waals surface area contributed by atoms with Crippen molar-refractivity contribution in [1.82, 2.24) is 5.43 Å². The van der Waals surface area contributed by atoms with Crippen LogP contribution < -0.4 is 11.3 Å². The van der Waals surface area contributed by atoms with Crippen LogP contribution in [0.2, 0.25) is 0 Å². The molecule has 0 aromatic heterocycles. The summed E-state index contributed by atoms with van der Waals surface area (Å²) in [6, 6.07) is 0.530. The van der Waals surface area contributed by atoms with E-state index in [2.05, 4.69) is 19.3 Å². The fraction of sp³-hybridized carbons (Fsp3) is 1.00. The summed E-state index contributed by atoms with van der Waals surface area (Å²) in [4.78, 5) is 0. The zero-order chi connectivity index (χ0) is 10.4. The van der Waals surface area contributed by atoms with Crippen molar-refractivity contribution in [2.75, 3.05) is 0 Å². The zero-order valence-corrected chi connectivity index (χ0v) is 9.81. The van der Waals surface area contributed by atoms with Gasteiger partial charge in [0.25, 0.3) is 0 Å². The SMILES string of the molecule is CCCCC(NN)C1(C)CCCCC1. The van der Waals surface area contributed by atoms with E-state index in [1.807, 2.05) is 0 Å². The highest BCUT2D eigenvalue weighted by atomic mass is 15.2. The van der Waals surface area contributed by atoms with E-state index in [-0.39, 0.29) is 0 Å². The maximum atomic E-state index is 5.68. The van der Waals surface area contributed by atoms with Crippen molar-refractivity contribution in [1.29, 1.82) is 0 Å². The number of hydrazine groups is 1. The third-order valence-corrected chi connectivity index (χ3v) is 3.88. The number of nitrogens with two attached hydrogens (primary N) is 1. The number of nitrogens with one attached hydrogen (secondary N) is 1. The number of rotatable bonds is 5. The molecule has 0 aromatic carbocycles. The van der Waals surface area contributed by atoms with Crippen LogP contribution in [-0.2, 0) is 0 Å². The van der Waals surface area contributed by atoms with Crippen molar-refractivity contribution in [3.63, 3.8) is 0 Å². The molecule has 0 saturated heterocycles. The highest BCUT2D eigenvalue weighted by Crippen LogP contribution is 2.39. The average Bonchev–Trinajstić information content (AvgIpc) is 2.20. The molecule has 1 unspecified atom stereocenters. The summed E-state index contributed by atoms with van der Waals surface area (Å²) < 4.78 is 0. The van der Waals surface area contributed by atoms with Gasteiger partial charge in [0.15, 0.2) is 0 Å². The number of unbranched alkanes of at least 4 members (excludes halogenated alkanes) is 1. The minimum Gasteiger partial charge on any atom is -0.271 e. The molecule has 0 heterocycles. The third kappa shape index (κ3) is 2.96. The van der Waals surface area contributed by atoms with Gasteiger partial charge in [-0.05, 0) is 24.7 Å². The Bertz CT molecular complexity index is 150. The molecule has 0 bridgehead atoms. The lowest BCUT2D eigenvalue weighted by molar-refractivity contribution is 0.136. The maximum Gasteiger partial charge on any atom is 0.0264 e. The topological polar surface area (TPSA) is 38.0 Å². The van der Waals surface area contributed by atoms with E-state index in [1.54, 1.807) is 0 Å². The lowest BCUT2D eigenvalue weighted by atomic mass is 9.69. The first kappa shape index (κ1) is 12.0. The van der Waals surface area contributed by atoms with Crippen molar-refractivity contribution >= 4 is 0 Å². The second-order valence-corrected chi connectivity index (χ2v) is 5.08. The Hall–Kier alpha value is -0.0800. The minimum absolute atomic E-state index is 0.460. The highest BCUT2D eigenvalue weighted by molar-refractivity contribution is 4.88. The predicted octanol–water partition coefficient (Wildman–Crippen LogP) is 2.98. The second-order valence-electron chi connectivity index (χ2n) is 5.08. The van der Waals surface area contributed by atoms with Crippen LogP contribution in [-0.4, -0.2) is 6.04 Å². The fourth-order valence-corrected chi connectivity index (χ4v) is 2.75. The fourth-order valence-electron chi connectivity index (χ4n) is 2.75. The van der Waals surface area contributed by atoms with Crippen LogP contribution in [0.25, 0.3) is 0 Å². The van der Waals surface area contributed by atoms with Crippen LogP contribution in [0, 0.1) is 5.41 Å². The van der Waals surface area contributed by atoms with Crippen molar-refractivity contribution in [2.45, 2.75) is 71.3 Å². The molecule has 1 rings (SSSR count). The van der Waals surface area contributed by atoms with Crippen LogP contribution in [0.5, 0.6) is 0 Å². The molecule has 84 valence electrons. The van der Waals surface area contributed by atoms with E-state index in [1.165, 1.54) is 51.4 Å². The van der Waals surface area contributed by atoms with E-state index in [0.29, 0.717) is 11.5 Å². The lowest BCUT2D eigenvalue weighted by Gasteiger charge is -2.40. The molecule has 0 aliphatic heterocycles. The van der Waals surface area contributed by atoms with Gasteiger partial charge >= 0.3 is 0 Å². The number of hydrogen-bond acceptors (Lipinski definition) is 2. The molecule has 2 nitrogen and oxygen atoms in total. The molecule has 1 aliphatic carbocycles. The molecule has 0 aromatic rings. The average molecular weight is 198 g/mol. The smallest absolute Gasteiger partial charge is 0.0264 e. The standard InChI is InChI=1S/C12H26N2/c1-3-4-8-11(14-13)12(2)9-6-5-7-10-12/h11,14H,3-10,13H2,1-2H3. The van der Waals surface area contributed by atoms with Gasteiger partial charge in [0.05, 0.1) is 0 Å². The Morgan fingerprint density at radius 2 is 1.93 bits per heavy atom. The Balaban J connectivity index is 2.47. The van der Waals surface area contributed by atoms with Gasteiger partial charge in [-0.25, -0.2) is 0 Å².